The lowest BCUT2D eigenvalue weighted by Crippen LogP contribution is -2.31. The van der Waals surface area contributed by atoms with Crippen LogP contribution in [0.1, 0.15) is 12.5 Å². The fraction of sp³-hybridized carbons (Fsp3) is 0.429. The first-order valence-electron chi connectivity index (χ1n) is 6.18. The SMILES string of the molecule is COC(=O)C(C)CN(C)c1cccc(SC)c1C(N)=S. The van der Waals surface area contributed by atoms with E-state index in [2.05, 4.69) is 0 Å². The number of nitrogens with two attached hydrogens (primary N) is 1. The van der Waals surface area contributed by atoms with Crippen molar-refractivity contribution in [1.82, 2.24) is 0 Å². The Bertz CT molecular complexity index is 506. The quantitative estimate of drug-likeness (QED) is 0.494. The largest absolute Gasteiger partial charge is 0.469 e. The van der Waals surface area contributed by atoms with Crippen molar-refractivity contribution in [1.29, 1.82) is 0 Å². The van der Waals surface area contributed by atoms with Crippen LogP contribution < -0.4 is 10.6 Å². The van der Waals surface area contributed by atoms with Crippen molar-refractivity contribution in [2.45, 2.75) is 11.8 Å². The van der Waals surface area contributed by atoms with Crippen molar-refractivity contribution < 1.29 is 9.53 Å². The van der Waals surface area contributed by atoms with E-state index < -0.39 is 0 Å². The summed E-state index contributed by atoms with van der Waals surface area (Å²) in [6.07, 6.45) is 1.98. The second-order valence-electron chi connectivity index (χ2n) is 4.52. The van der Waals surface area contributed by atoms with Gasteiger partial charge in [0.05, 0.1) is 13.0 Å². The number of benzene rings is 1. The number of nitrogens with zero attached hydrogens (tertiary/aromatic N) is 1. The highest BCUT2D eigenvalue weighted by atomic mass is 32.2. The van der Waals surface area contributed by atoms with Crippen molar-refractivity contribution in [3.63, 3.8) is 0 Å². The number of hydrogen-bond donors (Lipinski definition) is 1. The number of esters is 1. The van der Waals surface area contributed by atoms with Gasteiger partial charge in [-0.3, -0.25) is 4.79 Å². The molecule has 2 N–H and O–H groups in total. The van der Waals surface area contributed by atoms with E-state index in [1.54, 1.807) is 11.8 Å². The van der Waals surface area contributed by atoms with E-state index in [4.69, 9.17) is 22.7 Å². The van der Waals surface area contributed by atoms with Gasteiger partial charge in [-0.15, -0.1) is 11.8 Å². The number of carbonyl (C=O) groups excluding carboxylic acids is 1. The molecule has 0 fully saturated rings. The zero-order valence-corrected chi connectivity index (χ0v) is 13.8. The maximum Gasteiger partial charge on any atom is 0.310 e. The Labute approximate surface area is 129 Å². The standard InChI is InChI=1S/C14H20N2O2S2/c1-9(14(17)18-3)8-16(2)10-6-5-7-11(20-4)12(10)13(15)19/h5-7,9H,8H2,1-4H3,(H2,15,19). The summed E-state index contributed by atoms with van der Waals surface area (Å²) in [5.41, 5.74) is 7.63. The van der Waals surface area contributed by atoms with E-state index in [-0.39, 0.29) is 11.9 Å². The Hall–Kier alpha value is -1.27. The second-order valence-corrected chi connectivity index (χ2v) is 5.81. The molecule has 1 rings (SSSR count). The highest BCUT2D eigenvalue weighted by Gasteiger charge is 2.19. The van der Waals surface area contributed by atoms with Crippen LogP contribution in [0.5, 0.6) is 0 Å². The molecule has 0 saturated heterocycles. The van der Waals surface area contributed by atoms with Crippen LogP contribution in [0.25, 0.3) is 0 Å². The molecular weight excluding hydrogens is 292 g/mol. The lowest BCUT2D eigenvalue weighted by Gasteiger charge is -2.25. The number of rotatable bonds is 6. The maximum absolute atomic E-state index is 11.5. The van der Waals surface area contributed by atoms with E-state index in [9.17, 15) is 4.79 Å². The molecule has 0 aliphatic heterocycles. The number of ether oxygens (including phenoxy) is 1. The van der Waals surface area contributed by atoms with E-state index in [1.165, 1.54) is 7.11 Å². The Morgan fingerprint density at radius 2 is 2.20 bits per heavy atom. The third kappa shape index (κ3) is 3.86. The highest BCUT2D eigenvalue weighted by Crippen LogP contribution is 2.29. The van der Waals surface area contributed by atoms with Crippen molar-refractivity contribution in [2.24, 2.45) is 11.7 Å². The lowest BCUT2D eigenvalue weighted by atomic mass is 10.1. The van der Waals surface area contributed by atoms with Crippen molar-refractivity contribution in [3.05, 3.63) is 23.8 Å². The molecule has 0 bridgehead atoms. The predicted octanol–water partition coefficient (Wildman–Crippen LogP) is 2.29. The summed E-state index contributed by atoms with van der Waals surface area (Å²) in [6.45, 7) is 2.38. The average molecular weight is 312 g/mol. The minimum absolute atomic E-state index is 0.220. The minimum atomic E-state index is -0.227. The molecule has 4 nitrogen and oxygen atoms in total. The summed E-state index contributed by atoms with van der Waals surface area (Å²) in [5.74, 6) is -0.447. The molecule has 0 aliphatic rings. The molecular formula is C14H20N2O2S2. The number of carbonyl (C=O) groups is 1. The highest BCUT2D eigenvalue weighted by molar-refractivity contribution is 7.98. The van der Waals surface area contributed by atoms with Gasteiger partial charge in [0, 0.05) is 29.7 Å². The fourth-order valence-corrected chi connectivity index (χ4v) is 2.95. The molecule has 0 saturated carbocycles. The maximum atomic E-state index is 11.5. The van der Waals surface area contributed by atoms with Crippen molar-refractivity contribution >= 4 is 40.6 Å². The molecule has 0 aliphatic carbocycles. The van der Waals surface area contributed by atoms with E-state index in [0.29, 0.717) is 11.5 Å². The van der Waals surface area contributed by atoms with Gasteiger partial charge in [0.2, 0.25) is 0 Å². The third-order valence-electron chi connectivity index (χ3n) is 3.03. The lowest BCUT2D eigenvalue weighted by molar-refractivity contribution is -0.144. The molecule has 0 aromatic heterocycles. The van der Waals surface area contributed by atoms with Gasteiger partial charge in [0.25, 0.3) is 0 Å². The monoisotopic (exact) mass is 312 g/mol. The molecule has 110 valence electrons. The van der Waals surface area contributed by atoms with Crippen LogP contribution in [0.3, 0.4) is 0 Å². The van der Waals surface area contributed by atoms with Crippen LogP contribution in [0.4, 0.5) is 5.69 Å². The molecule has 0 spiro atoms. The van der Waals surface area contributed by atoms with Crippen LogP contribution >= 0.6 is 24.0 Å². The number of methoxy groups -OCH3 is 1. The van der Waals surface area contributed by atoms with Gasteiger partial charge in [-0.05, 0) is 18.4 Å². The van der Waals surface area contributed by atoms with Gasteiger partial charge in [-0.1, -0.05) is 25.2 Å². The zero-order valence-electron chi connectivity index (χ0n) is 12.2. The Morgan fingerprint density at radius 1 is 1.55 bits per heavy atom. The summed E-state index contributed by atoms with van der Waals surface area (Å²) in [7, 11) is 3.31. The first-order valence-corrected chi connectivity index (χ1v) is 7.81. The smallest absolute Gasteiger partial charge is 0.310 e. The van der Waals surface area contributed by atoms with Gasteiger partial charge >= 0.3 is 5.97 Å². The number of anilines is 1. The van der Waals surface area contributed by atoms with E-state index in [1.807, 2.05) is 43.3 Å². The first kappa shape index (κ1) is 16.8. The molecule has 1 unspecified atom stereocenters. The summed E-state index contributed by atoms with van der Waals surface area (Å²) in [4.78, 5) is 14.9. The second kappa shape index (κ2) is 7.50. The van der Waals surface area contributed by atoms with Gasteiger partial charge in [0.1, 0.15) is 4.99 Å². The minimum Gasteiger partial charge on any atom is -0.469 e. The average Bonchev–Trinajstić information content (AvgIpc) is 2.44. The molecule has 0 amide bonds. The summed E-state index contributed by atoms with van der Waals surface area (Å²) < 4.78 is 4.75. The molecule has 1 aromatic carbocycles. The molecule has 0 heterocycles. The van der Waals surface area contributed by atoms with Crippen LogP contribution in [-0.4, -0.2) is 37.9 Å². The Balaban J connectivity index is 3.06. The topological polar surface area (TPSA) is 55.6 Å². The van der Waals surface area contributed by atoms with Gasteiger partial charge in [-0.25, -0.2) is 0 Å². The number of thiocarbonyl (C=S) groups is 1. The van der Waals surface area contributed by atoms with Gasteiger partial charge < -0.3 is 15.4 Å². The van der Waals surface area contributed by atoms with Crippen LogP contribution in [0.15, 0.2) is 23.1 Å². The normalized spacial score (nSPS) is 11.8. The fourth-order valence-electron chi connectivity index (χ4n) is 2.04. The Kier molecular flexibility index (Phi) is 6.29. The molecule has 0 radical (unpaired) electrons. The number of thioether (sulfide) groups is 1. The molecule has 1 aromatic rings. The van der Waals surface area contributed by atoms with Gasteiger partial charge in [-0.2, -0.15) is 0 Å². The van der Waals surface area contributed by atoms with E-state index >= 15 is 0 Å². The first-order chi connectivity index (χ1) is 9.42. The van der Waals surface area contributed by atoms with Crippen LogP contribution in [0, 0.1) is 5.92 Å². The zero-order chi connectivity index (χ0) is 15.3. The van der Waals surface area contributed by atoms with Crippen LogP contribution in [0.2, 0.25) is 0 Å². The Morgan fingerprint density at radius 3 is 2.70 bits per heavy atom. The third-order valence-corrected chi connectivity index (χ3v) is 4.02. The summed E-state index contributed by atoms with van der Waals surface area (Å²) in [6, 6.07) is 5.90. The predicted molar refractivity (Wildman–Crippen MR) is 88.6 cm³/mol. The van der Waals surface area contributed by atoms with Gasteiger partial charge in [0.15, 0.2) is 0 Å². The molecule has 6 heteroatoms. The summed E-state index contributed by atoms with van der Waals surface area (Å²) in [5, 5.41) is 0. The van der Waals surface area contributed by atoms with Crippen molar-refractivity contribution in [3.8, 4) is 0 Å². The van der Waals surface area contributed by atoms with E-state index in [0.717, 1.165) is 16.1 Å². The number of hydrogen-bond acceptors (Lipinski definition) is 5. The molecule has 1 atom stereocenters. The van der Waals surface area contributed by atoms with Crippen LogP contribution in [-0.2, 0) is 9.53 Å². The van der Waals surface area contributed by atoms with Crippen molar-refractivity contribution in [2.75, 3.05) is 31.9 Å². The summed E-state index contributed by atoms with van der Waals surface area (Å²) >= 11 is 6.76. The molecule has 20 heavy (non-hydrogen) atoms.